The minimum absolute atomic E-state index is 0.0731. The molecule has 0 saturated carbocycles. The second-order valence-corrected chi connectivity index (χ2v) is 9.23. The summed E-state index contributed by atoms with van der Waals surface area (Å²) in [6.07, 6.45) is -4.80. The number of hydrogen-bond donors (Lipinski definition) is 1. The lowest BCUT2D eigenvalue weighted by Gasteiger charge is -2.20. The smallest absolute Gasteiger partial charge is 0.417 e. The zero-order valence-electron chi connectivity index (χ0n) is 18.9. The van der Waals surface area contributed by atoms with Gasteiger partial charge in [-0.25, -0.2) is 4.98 Å². The van der Waals surface area contributed by atoms with Gasteiger partial charge in [-0.3, -0.25) is 14.3 Å². The van der Waals surface area contributed by atoms with Gasteiger partial charge >= 0.3 is 6.18 Å². The highest BCUT2D eigenvalue weighted by Gasteiger charge is 2.36. The number of halogens is 3. The van der Waals surface area contributed by atoms with Crippen molar-refractivity contribution < 1.29 is 17.9 Å². The second-order valence-electron chi connectivity index (χ2n) is 8.85. The van der Waals surface area contributed by atoms with E-state index in [2.05, 4.69) is 9.97 Å². The molecule has 0 saturated heterocycles. The van der Waals surface area contributed by atoms with Gasteiger partial charge in [-0.2, -0.15) is 13.2 Å². The molecule has 1 N–H and O–H groups in total. The predicted octanol–water partition coefficient (Wildman–Crippen LogP) is 6.44. The molecule has 0 fully saturated rings. The van der Waals surface area contributed by atoms with Crippen LogP contribution in [0.2, 0.25) is 0 Å². The molecule has 2 aromatic carbocycles. The molecule has 0 atom stereocenters. The molecule has 34 heavy (non-hydrogen) atoms. The summed E-state index contributed by atoms with van der Waals surface area (Å²) in [6.45, 7) is 6.14. The van der Waals surface area contributed by atoms with Crippen molar-refractivity contribution in [2.45, 2.75) is 32.4 Å². The summed E-state index contributed by atoms with van der Waals surface area (Å²) < 4.78 is 49.0. The topological polar surface area (TPSA) is 59.9 Å². The predicted molar refractivity (Wildman–Crippen MR) is 128 cm³/mol. The summed E-state index contributed by atoms with van der Waals surface area (Å²) in [5, 5.41) is -0.595. The number of rotatable bonds is 3. The van der Waals surface area contributed by atoms with Gasteiger partial charge in [-0.15, -0.1) is 0 Å². The molecule has 0 spiro atoms. The minimum atomic E-state index is -4.80. The van der Waals surface area contributed by atoms with Crippen LogP contribution in [0.4, 0.5) is 13.2 Å². The number of nitrogens with one attached hydrogen (secondary N) is 1. The Labute approximate surface area is 198 Å². The van der Waals surface area contributed by atoms with Gasteiger partial charge in [-0.1, -0.05) is 57.2 Å². The second kappa shape index (κ2) is 8.39. The maximum absolute atomic E-state index is 14.2. The molecule has 0 aliphatic rings. The number of hydrogen-bond acceptors (Lipinski definition) is 4. The lowest BCUT2D eigenvalue weighted by Crippen LogP contribution is -2.20. The molecular formula is C25H22F3N3O2S. The Balaban J connectivity index is 2.12. The quantitative estimate of drug-likeness (QED) is 0.340. The summed E-state index contributed by atoms with van der Waals surface area (Å²) in [6, 6.07) is 14.8. The zero-order valence-corrected chi connectivity index (χ0v) is 19.8. The van der Waals surface area contributed by atoms with Crippen LogP contribution >= 0.6 is 12.2 Å². The van der Waals surface area contributed by atoms with Crippen LogP contribution in [-0.4, -0.2) is 21.6 Å². The number of pyridine rings is 1. The Kier molecular flexibility index (Phi) is 5.85. The Hall–Kier alpha value is -3.46. The van der Waals surface area contributed by atoms with Gasteiger partial charge in [0.05, 0.1) is 29.4 Å². The van der Waals surface area contributed by atoms with Gasteiger partial charge in [0, 0.05) is 5.56 Å². The van der Waals surface area contributed by atoms with Crippen molar-refractivity contribution in [2.24, 2.45) is 0 Å². The van der Waals surface area contributed by atoms with Crippen LogP contribution in [0.15, 0.2) is 59.4 Å². The third-order valence-electron chi connectivity index (χ3n) is 5.54. The van der Waals surface area contributed by atoms with Crippen LogP contribution in [0.1, 0.15) is 31.9 Å². The van der Waals surface area contributed by atoms with Crippen molar-refractivity contribution in [1.29, 1.82) is 0 Å². The molecule has 0 aliphatic carbocycles. The van der Waals surface area contributed by atoms with E-state index in [-0.39, 0.29) is 21.5 Å². The lowest BCUT2D eigenvalue weighted by molar-refractivity contribution is -0.136. The minimum Gasteiger partial charge on any atom is -0.495 e. The van der Waals surface area contributed by atoms with Crippen molar-refractivity contribution in [3.63, 3.8) is 0 Å². The summed E-state index contributed by atoms with van der Waals surface area (Å²) in [5.41, 5.74) is -0.430. The average molecular weight is 486 g/mol. The number of ether oxygens (including phenoxy) is 1. The van der Waals surface area contributed by atoms with Crippen molar-refractivity contribution in [3.05, 3.63) is 80.8 Å². The first-order valence-corrected chi connectivity index (χ1v) is 10.8. The zero-order chi connectivity index (χ0) is 24.8. The van der Waals surface area contributed by atoms with Crippen LogP contribution in [0, 0.1) is 4.77 Å². The summed E-state index contributed by atoms with van der Waals surface area (Å²) in [7, 11) is 1.44. The van der Waals surface area contributed by atoms with E-state index in [4.69, 9.17) is 17.0 Å². The molecule has 0 aliphatic heterocycles. The van der Waals surface area contributed by atoms with Crippen molar-refractivity contribution in [2.75, 3.05) is 7.11 Å². The van der Waals surface area contributed by atoms with E-state index in [1.54, 1.807) is 36.4 Å². The average Bonchev–Trinajstić information content (AvgIpc) is 2.77. The first-order chi connectivity index (χ1) is 15.9. The first-order valence-electron chi connectivity index (χ1n) is 10.4. The maximum Gasteiger partial charge on any atom is 0.417 e. The van der Waals surface area contributed by atoms with Crippen LogP contribution in [0.25, 0.3) is 28.0 Å². The SMILES string of the molecule is COc1ccccc1-n1c(=S)[nH]c(=O)c2c(C(F)(F)F)cc(-c3ccc(C(C)(C)C)cc3)nc21. The van der Waals surface area contributed by atoms with Gasteiger partial charge < -0.3 is 4.74 Å². The van der Waals surface area contributed by atoms with Crippen molar-refractivity contribution in [1.82, 2.24) is 14.5 Å². The fourth-order valence-electron chi connectivity index (χ4n) is 3.78. The van der Waals surface area contributed by atoms with Gasteiger partial charge in [0.25, 0.3) is 5.56 Å². The van der Waals surface area contributed by atoms with E-state index in [1.165, 1.54) is 11.7 Å². The Morgan fingerprint density at radius 3 is 2.26 bits per heavy atom. The summed E-state index contributed by atoms with van der Waals surface area (Å²) in [5.74, 6) is 0.363. The Bertz CT molecular complexity index is 1500. The molecule has 0 amide bonds. The number of fused-ring (bicyclic) bond motifs is 1. The fraction of sp³-hybridized carbons (Fsp3) is 0.240. The standard InChI is InChI=1S/C25H22F3N3O2S/c1-24(2,3)15-11-9-14(10-12-15)17-13-16(25(26,27)28)20-21(29-17)31(23(34)30-22(20)32)18-7-5-6-8-19(18)33-4/h5-13H,1-4H3,(H,30,32,34). The third-order valence-corrected chi connectivity index (χ3v) is 5.83. The highest BCUT2D eigenvalue weighted by Crippen LogP contribution is 2.37. The molecule has 0 unspecified atom stereocenters. The van der Waals surface area contributed by atoms with E-state index in [9.17, 15) is 18.0 Å². The number of aromatic nitrogens is 3. The van der Waals surface area contributed by atoms with Crippen molar-refractivity contribution >= 4 is 23.3 Å². The molecular weight excluding hydrogens is 463 g/mol. The number of methoxy groups -OCH3 is 1. The Morgan fingerprint density at radius 2 is 1.68 bits per heavy atom. The van der Waals surface area contributed by atoms with Crippen molar-refractivity contribution in [3.8, 4) is 22.7 Å². The van der Waals surface area contributed by atoms with E-state index < -0.39 is 22.7 Å². The molecule has 2 aromatic heterocycles. The first kappa shape index (κ1) is 23.7. The van der Waals surface area contributed by atoms with Gasteiger partial charge in [-0.05, 0) is 41.4 Å². The fourth-order valence-corrected chi connectivity index (χ4v) is 4.06. The number of H-pyrrole nitrogens is 1. The molecule has 4 rings (SSSR count). The van der Waals surface area contributed by atoms with E-state index >= 15 is 0 Å². The molecule has 9 heteroatoms. The summed E-state index contributed by atoms with van der Waals surface area (Å²) in [4.78, 5) is 19.6. The highest BCUT2D eigenvalue weighted by molar-refractivity contribution is 7.71. The lowest BCUT2D eigenvalue weighted by atomic mass is 9.86. The van der Waals surface area contributed by atoms with Crippen LogP contribution in [0.3, 0.4) is 0 Å². The van der Waals surface area contributed by atoms with Gasteiger partial charge in [0.15, 0.2) is 10.4 Å². The molecule has 4 aromatic rings. The monoisotopic (exact) mass is 485 g/mol. The normalized spacial score (nSPS) is 12.2. The molecule has 176 valence electrons. The number of benzene rings is 2. The number of alkyl halides is 3. The summed E-state index contributed by atoms with van der Waals surface area (Å²) >= 11 is 5.34. The van der Waals surface area contributed by atoms with E-state index in [0.29, 0.717) is 17.0 Å². The largest absolute Gasteiger partial charge is 0.495 e. The number of nitrogens with zero attached hydrogens (tertiary/aromatic N) is 2. The van der Waals surface area contributed by atoms with E-state index in [1.807, 2.05) is 32.9 Å². The third kappa shape index (κ3) is 4.23. The van der Waals surface area contributed by atoms with Crippen LogP contribution in [-0.2, 0) is 11.6 Å². The van der Waals surface area contributed by atoms with Gasteiger partial charge in [0.1, 0.15) is 5.75 Å². The molecule has 0 bridgehead atoms. The van der Waals surface area contributed by atoms with Crippen LogP contribution in [0.5, 0.6) is 5.75 Å². The van der Waals surface area contributed by atoms with E-state index in [0.717, 1.165) is 11.6 Å². The molecule has 5 nitrogen and oxygen atoms in total. The van der Waals surface area contributed by atoms with Gasteiger partial charge in [0.2, 0.25) is 0 Å². The maximum atomic E-state index is 14.2. The van der Waals surface area contributed by atoms with Crippen LogP contribution < -0.4 is 10.3 Å². The molecule has 0 radical (unpaired) electrons. The number of aromatic amines is 1. The highest BCUT2D eigenvalue weighted by atomic mass is 32.1. The Morgan fingerprint density at radius 1 is 1.03 bits per heavy atom. The number of para-hydroxylation sites is 2. The molecule has 2 heterocycles.